The quantitative estimate of drug-likeness (QED) is 0.933. The van der Waals surface area contributed by atoms with Crippen LogP contribution < -0.4 is 10.1 Å². The molecule has 106 valence electrons. The van der Waals surface area contributed by atoms with Crippen molar-refractivity contribution in [3.63, 3.8) is 0 Å². The van der Waals surface area contributed by atoms with Crippen LogP contribution in [0.4, 0.5) is 0 Å². The summed E-state index contributed by atoms with van der Waals surface area (Å²) in [6.07, 6.45) is 1.88. The Morgan fingerprint density at radius 1 is 1.45 bits per heavy atom. The van der Waals surface area contributed by atoms with Crippen LogP contribution in [0.2, 0.25) is 0 Å². The lowest BCUT2D eigenvalue weighted by Crippen LogP contribution is -2.35. The van der Waals surface area contributed by atoms with Gasteiger partial charge in [0.25, 0.3) is 0 Å². The summed E-state index contributed by atoms with van der Waals surface area (Å²) in [5, 5.41) is 6.94. The molecule has 2 heterocycles. The molecule has 3 unspecified atom stereocenters. The average Bonchev–Trinajstić information content (AvgIpc) is 3.00. The standard InChI is InChI=1S/C16H20N2OS/c1-11(16-17-7-8-20-16)9-18-15-12(2)10-19-14-6-4-3-5-13(14)15/h3-8,11-12,15,18H,9-10H2,1-2H3. The van der Waals surface area contributed by atoms with Gasteiger partial charge in [-0.2, -0.15) is 0 Å². The molecule has 0 radical (unpaired) electrons. The van der Waals surface area contributed by atoms with Crippen molar-refractivity contribution in [1.82, 2.24) is 10.3 Å². The van der Waals surface area contributed by atoms with Gasteiger partial charge in [0.1, 0.15) is 5.75 Å². The number of benzene rings is 1. The Kier molecular flexibility index (Phi) is 4.03. The third-order valence-corrected chi connectivity index (χ3v) is 4.85. The zero-order valence-corrected chi connectivity index (χ0v) is 12.7. The van der Waals surface area contributed by atoms with E-state index in [2.05, 4.69) is 42.3 Å². The number of ether oxygens (including phenoxy) is 1. The topological polar surface area (TPSA) is 34.1 Å². The molecule has 1 aliphatic rings. The highest BCUT2D eigenvalue weighted by Crippen LogP contribution is 2.35. The van der Waals surface area contributed by atoms with Crippen LogP contribution >= 0.6 is 11.3 Å². The summed E-state index contributed by atoms with van der Waals surface area (Å²) in [6, 6.07) is 8.70. The van der Waals surface area contributed by atoms with Crippen LogP contribution in [0.5, 0.6) is 5.75 Å². The van der Waals surface area contributed by atoms with Crippen molar-refractivity contribution in [2.24, 2.45) is 5.92 Å². The molecule has 0 fully saturated rings. The summed E-state index contributed by atoms with van der Waals surface area (Å²) in [5.41, 5.74) is 1.28. The molecule has 3 nitrogen and oxygen atoms in total. The first-order chi connectivity index (χ1) is 9.75. The van der Waals surface area contributed by atoms with Crippen LogP contribution in [-0.4, -0.2) is 18.1 Å². The fraction of sp³-hybridized carbons (Fsp3) is 0.438. The normalized spacial score (nSPS) is 22.9. The number of hydrogen-bond donors (Lipinski definition) is 1. The molecule has 1 aromatic heterocycles. The lowest BCUT2D eigenvalue weighted by Gasteiger charge is -2.32. The molecular weight excluding hydrogens is 268 g/mol. The van der Waals surface area contributed by atoms with Gasteiger partial charge in [0.05, 0.1) is 11.6 Å². The van der Waals surface area contributed by atoms with E-state index in [1.165, 1.54) is 10.6 Å². The second-order valence-electron chi connectivity index (χ2n) is 5.48. The van der Waals surface area contributed by atoms with Gasteiger partial charge in [-0.05, 0) is 6.07 Å². The summed E-state index contributed by atoms with van der Waals surface area (Å²) >= 11 is 1.73. The molecular formula is C16H20N2OS. The van der Waals surface area contributed by atoms with E-state index in [9.17, 15) is 0 Å². The van der Waals surface area contributed by atoms with Gasteiger partial charge in [0.15, 0.2) is 0 Å². The van der Waals surface area contributed by atoms with Crippen LogP contribution in [0, 0.1) is 5.92 Å². The Balaban J connectivity index is 1.70. The number of thiazole rings is 1. The van der Waals surface area contributed by atoms with Gasteiger partial charge in [-0.25, -0.2) is 4.98 Å². The first kappa shape index (κ1) is 13.6. The van der Waals surface area contributed by atoms with E-state index in [4.69, 9.17) is 4.74 Å². The predicted molar refractivity (Wildman–Crippen MR) is 82.4 cm³/mol. The van der Waals surface area contributed by atoms with Crippen molar-refractivity contribution in [2.45, 2.75) is 25.8 Å². The van der Waals surface area contributed by atoms with Crippen LogP contribution in [0.1, 0.15) is 36.4 Å². The monoisotopic (exact) mass is 288 g/mol. The number of rotatable bonds is 4. The third kappa shape index (κ3) is 2.72. The van der Waals surface area contributed by atoms with Crippen molar-refractivity contribution < 1.29 is 4.74 Å². The highest BCUT2D eigenvalue weighted by atomic mass is 32.1. The second-order valence-corrected chi connectivity index (χ2v) is 6.41. The van der Waals surface area contributed by atoms with E-state index in [1.807, 2.05) is 17.6 Å². The molecule has 2 aromatic rings. The summed E-state index contributed by atoms with van der Waals surface area (Å²) < 4.78 is 5.79. The Morgan fingerprint density at radius 2 is 2.30 bits per heavy atom. The lowest BCUT2D eigenvalue weighted by molar-refractivity contribution is 0.188. The Labute approximate surface area is 124 Å². The molecule has 1 N–H and O–H groups in total. The highest BCUT2D eigenvalue weighted by molar-refractivity contribution is 7.09. The Morgan fingerprint density at radius 3 is 3.10 bits per heavy atom. The van der Waals surface area contributed by atoms with Crippen molar-refractivity contribution in [1.29, 1.82) is 0 Å². The van der Waals surface area contributed by atoms with E-state index >= 15 is 0 Å². The van der Waals surface area contributed by atoms with Crippen LogP contribution in [0.25, 0.3) is 0 Å². The van der Waals surface area contributed by atoms with E-state index in [0.717, 1.165) is 18.9 Å². The van der Waals surface area contributed by atoms with Crippen LogP contribution in [0.15, 0.2) is 35.8 Å². The molecule has 0 amide bonds. The summed E-state index contributed by atoms with van der Waals surface area (Å²) in [6.45, 7) is 6.18. The molecule has 0 saturated heterocycles. The van der Waals surface area contributed by atoms with Gasteiger partial charge in [-0.1, -0.05) is 32.0 Å². The molecule has 1 aromatic carbocycles. The third-order valence-electron chi connectivity index (χ3n) is 3.84. The second kappa shape index (κ2) is 5.94. The zero-order valence-electron chi connectivity index (χ0n) is 11.9. The first-order valence-corrected chi connectivity index (χ1v) is 7.98. The van der Waals surface area contributed by atoms with E-state index in [1.54, 1.807) is 11.3 Å². The number of nitrogens with zero attached hydrogens (tertiary/aromatic N) is 1. The highest BCUT2D eigenvalue weighted by Gasteiger charge is 2.27. The lowest BCUT2D eigenvalue weighted by atomic mass is 9.91. The summed E-state index contributed by atoms with van der Waals surface area (Å²) in [7, 11) is 0. The summed E-state index contributed by atoms with van der Waals surface area (Å²) in [5.74, 6) is 1.94. The van der Waals surface area contributed by atoms with E-state index in [0.29, 0.717) is 17.9 Å². The molecule has 0 aliphatic carbocycles. The van der Waals surface area contributed by atoms with Crippen molar-refractivity contribution >= 4 is 11.3 Å². The van der Waals surface area contributed by atoms with Gasteiger partial charge in [0.2, 0.25) is 0 Å². The maximum Gasteiger partial charge on any atom is 0.124 e. The predicted octanol–water partition coefficient (Wildman–Crippen LogP) is 3.61. The SMILES string of the molecule is CC(CNC1c2ccccc2OCC1C)c1nccs1. The van der Waals surface area contributed by atoms with Crippen molar-refractivity contribution in [3.8, 4) is 5.75 Å². The summed E-state index contributed by atoms with van der Waals surface area (Å²) in [4.78, 5) is 4.40. The molecule has 20 heavy (non-hydrogen) atoms. The molecule has 1 aliphatic heterocycles. The number of nitrogens with one attached hydrogen (secondary N) is 1. The van der Waals surface area contributed by atoms with E-state index < -0.39 is 0 Å². The number of hydrogen-bond acceptors (Lipinski definition) is 4. The fourth-order valence-electron chi connectivity index (χ4n) is 2.67. The average molecular weight is 288 g/mol. The molecule has 0 saturated carbocycles. The van der Waals surface area contributed by atoms with Crippen molar-refractivity contribution in [2.75, 3.05) is 13.2 Å². The largest absolute Gasteiger partial charge is 0.493 e. The van der Waals surface area contributed by atoms with E-state index in [-0.39, 0.29) is 0 Å². The number of para-hydroxylation sites is 1. The maximum atomic E-state index is 5.79. The molecule has 3 atom stereocenters. The van der Waals surface area contributed by atoms with Gasteiger partial charge in [0, 0.05) is 41.6 Å². The molecule has 3 rings (SSSR count). The molecule has 0 bridgehead atoms. The minimum absolute atomic E-state index is 0.363. The Bertz CT molecular complexity index is 555. The van der Waals surface area contributed by atoms with Crippen molar-refractivity contribution in [3.05, 3.63) is 46.4 Å². The smallest absolute Gasteiger partial charge is 0.124 e. The minimum atomic E-state index is 0.363. The molecule has 4 heteroatoms. The van der Waals surface area contributed by atoms with Gasteiger partial charge >= 0.3 is 0 Å². The van der Waals surface area contributed by atoms with Gasteiger partial charge in [-0.15, -0.1) is 11.3 Å². The van der Waals surface area contributed by atoms with Crippen LogP contribution in [-0.2, 0) is 0 Å². The number of aromatic nitrogens is 1. The zero-order chi connectivity index (χ0) is 13.9. The van der Waals surface area contributed by atoms with Gasteiger partial charge in [-0.3, -0.25) is 0 Å². The van der Waals surface area contributed by atoms with Crippen LogP contribution in [0.3, 0.4) is 0 Å². The van der Waals surface area contributed by atoms with Gasteiger partial charge < -0.3 is 10.1 Å². The fourth-order valence-corrected chi connectivity index (χ4v) is 3.37. The molecule has 0 spiro atoms. The maximum absolute atomic E-state index is 5.79. The Hall–Kier alpha value is -1.39. The minimum Gasteiger partial charge on any atom is -0.493 e. The number of fused-ring (bicyclic) bond motifs is 1. The first-order valence-electron chi connectivity index (χ1n) is 7.10.